The minimum atomic E-state index is -0.781. The van der Waals surface area contributed by atoms with Crippen LogP contribution in [0.1, 0.15) is 0 Å². The Morgan fingerprint density at radius 1 is 1.00 bits per heavy atom. The highest BCUT2D eigenvalue weighted by Crippen LogP contribution is 2.27. The first-order valence-electron chi connectivity index (χ1n) is 5.34. The van der Waals surface area contributed by atoms with Crippen molar-refractivity contribution in [2.24, 2.45) is 0 Å². The molecule has 1 N–H and O–H groups in total. The fourth-order valence-electron chi connectivity index (χ4n) is 1.38. The van der Waals surface area contributed by atoms with Crippen LogP contribution in [-0.2, 0) is 0 Å². The highest BCUT2D eigenvalue weighted by molar-refractivity contribution is 6.42. The number of carbonyl (C=O) groups is 1. The lowest BCUT2D eigenvalue weighted by atomic mass is 10.3. The third kappa shape index (κ3) is 3.76. The summed E-state index contributed by atoms with van der Waals surface area (Å²) in [6, 6.07) is 7.99. The van der Waals surface area contributed by atoms with Gasteiger partial charge >= 0.3 is 6.09 Å². The van der Waals surface area contributed by atoms with Crippen LogP contribution in [0.4, 0.5) is 14.9 Å². The van der Waals surface area contributed by atoms with Gasteiger partial charge in [0.2, 0.25) is 0 Å². The molecule has 0 radical (unpaired) electrons. The van der Waals surface area contributed by atoms with Gasteiger partial charge in [-0.3, -0.25) is 5.32 Å². The van der Waals surface area contributed by atoms with Crippen molar-refractivity contribution >= 4 is 46.6 Å². The lowest BCUT2D eigenvalue weighted by Gasteiger charge is -2.08. The van der Waals surface area contributed by atoms with Crippen molar-refractivity contribution in [2.75, 3.05) is 5.32 Å². The zero-order valence-electron chi connectivity index (χ0n) is 9.79. The molecule has 0 spiro atoms. The first kappa shape index (κ1) is 14.9. The quantitative estimate of drug-likeness (QED) is 0.799. The molecule has 0 saturated carbocycles. The molecule has 0 bridgehead atoms. The number of benzene rings is 2. The van der Waals surface area contributed by atoms with Crippen molar-refractivity contribution in [3.05, 3.63) is 57.3 Å². The molecule has 0 aliphatic carbocycles. The zero-order chi connectivity index (χ0) is 14.7. The van der Waals surface area contributed by atoms with Crippen LogP contribution in [0.2, 0.25) is 15.1 Å². The number of carbonyl (C=O) groups excluding carboxylic acids is 1. The van der Waals surface area contributed by atoms with E-state index in [1.165, 1.54) is 18.2 Å². The van der Waals surface area contributed by atoms with Crippen molar-refractivity contribution in [1.29, 1.82) is 0 Å². The summed E-state index contributed by atoms with van der Waals surface area (Å²) < 4.78 is 17.8. The number of amides is 1. The lowest BCUT2D eigenvalue weighted by molar-refractivity contribution is 0.215. The summed E-state index contributed by atoms with van der Waals surface area (Å²) in [5, 5.41) is 3.10. The van der Waals surface area contributed by atoms with E-state index in [9.17, 15) is 9.18 Å². The fraction of sp³-hybridized carbons (Fsp3) is 0. The molecule has 0 unspecified atom stereocenters. The van der Waals surface area contributed by atoms with Crippen LogP contribution in [-0.4, -0.2) is 6.09 Å². The van der Waals surface area contributed by atoms with E-state index in [0.717, 1.165) is 12.1 Å². The molecule has 0 atom stereocenters. The Morgan fingerprint density at radius 3 is 2.40 bits per heavy atom. The summed E-state index contributed by atoms with van der Waals surface area (Å²) in [7, 11) is 0. The molecule has 0 saturated heterocycles. The van der Waals surface area contributed by atoms with E-state index in [4.69, 9.17) is 39.5 Å². The maximum absolute atomic E-state index is 12.8. The van der Waals surface area contributed by atoms with Crippen molar-refractivity contribution in [3.63, 3.8) is 0 Å². The van der Waals surface area contributed by atoms with Crippen molar-refractivity contribution < 1.29 is 13.9 Å². The number of ether oxygens (including phenoxy) is 1. The van der Waals surface area contributed by atoms with Crippen molar-refractivity contribution in [1.82, 2.24) is 0 Å². The second kappa shape index (κ2) is 6.31. The Kier molecular flexibility index (Phi) is 4.70. The van der Waals surface area contributed by atoms with E-state index < -0.39 is 11.9 Å². The summed E-state index contributed by atoms with van der Waals surface area (Å²) in [6.45, 7) is 0. The molecular formula is C13H7Cl3FNO2. The predicted octanol–water partition coefficient (Wildman–Crippen LogP) is 5.40. The summed E-state index contributed by atoms with van der Waals surface area (Å²) in [5.41, 5.74) is 0.405. The monoisotopic (exact) mass is 333 g/mol. The van der Waals surface area contributed by atoms with Crippen LogP contribution >= 0.6 is 34.8 Å². The molecule has 2 rings (SSSR count). The molecule has 0 heterocycles. The van der Waals surface area contributed by atoms with E-state index >= 15 is 0 Å². The van der Waals surface area contributed by atoms with Gasteiger partial charge in [-0.15, -0.1) is 0 Å². The first-order valence-corrected chi connectivity index (χ1v) is 6.48. The van der Waals surface area contributed by atoms with Crippen molar-refractivity contribution in [3.8, 4) is 5.75 Å². The van der Waals surface area contributed by atoms with E-state index in [-0.39, 0.29) is 10.8 Å². The summed E-state index contributed by atoms with van der Waals surface area (Å²) in [5.74, 6) is -0.474. The van der Waals surface area contributed by atoms with Crippen LogP contribution in [0, 0.1) is 5.82 Å². The van der Waals surface area contributed by atoms with Crippen LogP contribution in [0.25, 0.3) is 0 Å². The molecule has 0 fully saturated rings. The third-order valence-electron chi connectivity index (χ3n) is 2.26. The van der Waals surface area contributed by atoms with E-state index in [1.54, 1.807) is 6.07 Å². The van der Waals surface area contributed by atoms with Gasteiger partial charge < -0.3 is 4.74 Å². The second-order valence-corrected chi connectivity index (χ2v) is 4.94. The Labute approximate surface area is 129 Å². The molecule has 104 valence electrons. The van der Waals surface area contributed by atoms with Crippen LogP contribution in [0.15, 0.2) is 36.4 Å². The van der Waals surface area contributed by atoms with Gasteiger partial charge in [0, 0.05) is 5.69 Å². The average Bonchev–Trinajstić information content (AvgIpc) is 2.37. The second-order valence-electron chi connectivity index (χ2n) is 3.72. The highest BCUT2D eigenvalue weighted by atomic mass is 35.5. The molecular weight excluding hydrogens is 328 g/mol. The van der Waals surface area contributed by atoms with Crippen LogP contribution < -0.4 is 10.1 Å². The normalized spacial score (nSPS) is 10.2. The zero-order valence-corrected chi connectivity index (χ0v) is 12.1. The number of rotatable bonds is 2. The average molecular weight is 335 g/mol. The summed E-state index contributed by atoms with van der Waals surface area (Å²) >= 11 is 17.3. The van der Waals surface area contributed by atoms with E-state index in [2.05, 4.69) is 5.32 Å². The Bertz CT molecular complexity index is 664. The molecule has 7 heteroatoms. The minimum absolute atomic E-state index is 0.00529. The van der Waals surface area contributed by atoms with E-state index in [0.29, 0.717) is 15.7 Å². The molecule has 2 aromatic carbocycles. The van der Waals surface area contributed by atoms with Gasteiger partial charge in [-0.05, 0) is 36.4 Å². The van der Waals surface area contributed by atoms with Gasteiger partial charge in [0.25, 0.3) is 0 Å². The number of halogens is 4. The Balaban J connectivity index is 2.07. The van der Waals surface area contributed by atoms with Crippen LogP contribution in [0.5, 0.6) is 5.75 Å². The van der Waals surface area contributed by atoms with Gasteiger partial charge in [-0.1, -0.05) is 34.8 Å². The fourth-order valence-corrected chi connectivity index (χ4v) is 1.88. The first-order chi connectivity index (χ1) is 9.45. The maximum Gasteiger partial charge on any atom is 0.417 e. The number of nitrogens with one attached hydrogen (secondary N) is 1. The maximum atomic E-state index is 12.8. The molecule has 0 aromatic heterocycles. The third-order valence-corrected chi connectivity index (χ3v) is 3.30. The molecule has 20 heavy (non-hydrogen) atoms. The Morgan fingerprint density at radius 2 is 1.75 bits per heavy atom. The van der Waals surface area contributed by atoms with Gasteiger partial charge in [0.15, 0.2) is 5.75 Å². The molecule has 1 amide bonds. The number of hydrogen-bond donors (Lipinski definition) is 1. The number of anilines is 1. The summed E-state index contributed by atoms with van der Waals surface area (Å²) in [6.07, 6.45) is -0.781. The number of hydrogen-bond acceptors (Lipinski definition) is 2. The van der Waals surface area contributed by atoms with Gasteiger partial charge in [0.05, 0.1) is 15.1 Å². The molecule has 2 aromatic rings. The van der Waals surface area contributed by atoms with Gasteiger partial charge in [-0.25, -0.2) is 9.18 Å². The topological polar surface area (TPSA) is 38.3 Å². The molecule has 3 nitrogen and oxygen atoms in total. The smallest absolute Gasteiger partial charge is 0.408 e. The van der Waals surface area contributed by atoms with Crippen molar-refractivity contribution in [2.45, 2.75) is 0 Å². The van der Waals surface area contributed by atoms with Gasteiger partial charge in [0.1, 0.15) is 5.82 Å². The lowest BCUT2D eigenvalue weighted by Crippen LogP contribution is -2.16. The van der Waals surface area contributed by atoms with Gasteiger partial charge in [-0.2, -0.15) is 0 Å². The van der Waals surface area contributed by atoms with E-state index in [1.807, 2.05) is 0 Å². The summed E-state index contributed by atoms with van der Waals surface area (Å²) in [4.78, 5) is 11.7. The highest BCUT2D eigenvalue weighted by Gasteiger charge is 2.10. The SMILES string of the molecule is O=C(Nc1ccc(Cl)c(Cl)c1)Oc1ccc(F)cc1Cl. The standard InChI is InChI=1S/C13H7Cl3FNO2/c14-9-3-2-8(6-10(9)15)18-13(19)20-12-4-1-7(17)5-11(12)16/h1-6H,(H,18,19). The Hall–Kier alpha value is -1.49. The predicted molar refractivity (Wildman–Crippen MR) is 77.5 cm³/mol. The largest absolute Gasteiger partial charge is 0.417 e. The van der Waals surface area contributed by atoms with Crippen LogP contribution in [0.3, 0.4) is 0 Å². The molecule has 0 aliphatic rings. The molecule has 0 aliphatic heterocycles. The minimum Gasteiger partial charge on any atom is -0.408 e.